The first-order valence-electron chi connectivity index (χ1n) is 4.55. The van der Waals surface area contributed by atoms with Gasteiger partial charge in [0.25, 0.3) is 0 Å². The number of nitrogens with zero attached hydrogens (tertiary/aromatic N) is 3. The topological polar surface area (TPSA) is 87.9 Å². The molecule has 0 aliphatic carbocycles. The zero-order valence-electron chi connectivity index (χ0n) is 10.7. The van der Waals surface area contributed by atoms with E-state index in [1.807, 2.05) is 0 Å². The Hall–Kier alpha value is 0.490. The summed E-state index contributed by atoms with van der Waals surface area (Å²) in [5, 5.41) is 7.78. The SMILES string of the molecule is Cc1nnc([S-])n1-c1ccc(S(=O)(=O)[O-])cc1.[Na+].[Na+]. The minimum absolute atomic E-state index is 0. The predicted octanol–water partition coefficient (Wildman–Crippen LogP) is -5.61. The van der Waals surface area contributed by atoms with Crippen molar-refractivity contribution in [1.82, 2.24) is 14.8 Å². The normalized spacial score (nSPS) is 10.4. The number of benzene rings is 1. The Balaban J connectivity index is 0.00000162. The van der Waals surface area contributed by atoms with Gasteiger partial charge in [0.15, 0.2) is 0 Å². The molecule has 0 aliphatic heterocycles. The minimum Gasteiger partial charge on any atom is -0.744 e. The fourth-order valence-corrected chi connectivity index (χ4v) is 2.15. The maximum absolute atomic E-state index is 10.8. The van der Waals surface area contributed by atoms with Crippen molar-refractivity contribution in [2.45, 2.75) is 17.0 Å². The van der Waals surface area contributed by atoms with E-state index in [0.717, 1.165) is 0 Å². The van der Waals surface area contributed by atoms with Gasteiger partial charge in [0.05, 0.1) is 4.90 Å². The van der Waals surface area contributed by atoms with Crippen LogP contribution in [0.3, 0.4) is 0 Å². The smallest absolute Gasteiger partial charge is 0.744 e. The molecule has 90 valence electrons. The van der Waals surface area contributed by atoms with Crippen molar-refractivity contribution in [3.8, 4) is 5.69 Å². The van der Waals surface area contributed by atoms with Crippen molar-refractivity contribution >= 4 is 22.7 Å². The average molecular weight is 315 g/mol. The summed E-state index contributed by atoms with van der Waals surface area (Å²) in [6.45, 7) is 1.72. The Morgan fingerprint density at radius 1 is 1.16 bits per heavy atom. The van der Waals surface area contributed by atoms with Crippen LogP contribution in [-0.2, 0) is 22.7 Å². The van der Waals surface area contributed by atoms with Crippen LogP contribution in [0.5, 0.6) is 0 Å². The fraction of sp³-hybridized carbons (Fsp3) is 0.111. The molecule has 2 aromatic rings. The molecular weight excluding hydrogens is 308 g/mol. The number of aromatic nitrogens is 3. The molecule has 0 atom stereocenters. The molecule has 0 N–H and O–H groups in total. The second kappa shape index (κ2) is 7.48. The van der Waals surface area contributed by atoms with Gasteiger partial charge in [-0.1, -0.05) is 0 Å². The minimum atomic E-state index is -4.43. The molecule has 1 aromatic heterocycles. The summed E-state index contributed by atoms with van der Waals surface area (Å²) < 4.78 is 33.9. The standard InChI is InChI=1S/C9H9N3O3S2.2Na/c1-6-10-11-9(16)12(6)7-2-4-8(5-3-7)17(13,14)15;;/h2-5H,1H3,(H,11,16)(H,13,14,15);;/q;2*+1/p-2. The van der Waals surface area contributed by atoms with E-state index in [9.17, 15) is 13.0 Å². The summed E-state index contributed by atoms with van der Waals surface area (Å²) in [6, 6.07) is 5.42. The first kappa shape index (κ1) is 19.5. The Morgan fingerprint density at radius 2 is 1.68 bits per heavy atom. The van der Waals surface area contributed by atoms with Crippen molar-refractivity contribution < 1.29 is 72.1 Å². The molecule has 6 nitrogen and oxygen atoms in total. The molecule has 1 aromatic carbocycles. The van der Waals surface area contributed by atoms with E-state index in [4.69, 9.17) is 12.6 Å². The summed E-state index contributed by atoms with van der Waals surface area (Å²) in [5.41, 5.74) is 0.616. The van der Waals surface area contributed by atoms with Gasteiger partial charge in [-0.15, -0.1) is 5.10 Å². The second-order valence-corrected chi connectivity index (χ2v) is 5.06. The van der Waals surface area contributed by atoms with Crippen LogP contribution in [0.25, 0.3) is 5.69 Å². The second-order valence-electron chi connectivity index (χ2n) is 3.31. The van der Waals surface area contributed by atoms with Gasteiger partial charge in [0.2, 0.25) is 0 Å². The van der Waals surface area contributed by atoms with Crippen molar-refractivity contribution in [1.29, 1.82) is 0 Å². The van der Waals surface area contributed by atoms with E-state index >= 15 is 0 Å². The van der Waals surface area contributed by atoms with Gasteiger partial charge >= 0.3 is 59.1 Å². The van der Waals surface area contributed by atoms with Gasteiger partial charge in [-0.25, -0.2) is 8.42 Å². The van der Waals surface area contributed by atoms with Crippen molar-refractivity contribution in [2.24, 2.45) is 0 Å². The van der Waals surface area contributed by atoms with E-state index < -0.39 is 10.1 Å². The molecule has 10 heteroatoms. The summed E-state index contributed by atoms with van der Waals surface area (Å²) >= 11 is 4.97. The zero-order chi connectivity index (χ0) is 12.6. The number of aryl methyl sites for hydroxylation is 1. The Bertz CT molecular complexity index is 636. The molecule has 0 amide bonds. The van der Waals surface area contributed by atoms with E-state index in [2.05, 4.69) is 10.2 Å². The Kier molecular flexibility index (Phi) is 7.68. The van der Waals surface area contributed by atoms with Crippen LogP contribution in [0.4, 0.5) is 0 Å². The van der Waals surface area contributed by atoms with Crippen LogP contribution in [0, 0.1) is 6.92 Å². The van der Waals surface area contributed by atoms with Gasteiger partial charge in [0, 0.05) is 10.8 Å². The summed E-state index contributed by atoms with van der Waals surface area (Å²) in [7, 11) is -4.43. The molecule has 0 saturated heterocycles. The molecule has 0 spiro atoms. The average Bonchev–Trinajstić information content (AvgIpc) is 2.58. The molecule has 0 unspecified atom stereocenters. The van der Waals surface area contributed by atoms with Crippen LogP contribution in [-0.4, -0.2) is 27.7 Å². The van der Waals surface area contributed by atoms with E-state index in [1.165, 1.54) is 24.3 Å². The molecule has 0 bridgehead atoms. The maximum atomic E-state index is 10.8. The largest absolute Gasteiger partial charge is 1.00 e. The van der Waals surface area contributed by atoms with E-state index in [-0.39, 0.29) is 69.2 Å². The van der Waals surface area contributed by atoms with Crippen LogP contribution in [0.2, 0.25) is 0 Å². The number of hydrogen-bond acceptors (Lipinski definition) is 6. The summed E-state index contributed by atoms with van der Waals surface area (Å²) in [4.78, 5) is -0.280. The van der Waals surface area contributed by atoms with Gasteiger partial charge < -0.3 is 21.7 Å². The molecular formula is C9H7N3Na2O3S2. The van der Waals surface area contributed by atoms with Crippen LogP contribution < -0.4 is 59.1 Å². The van der Waals surface area contributed by atoms with Gasteiger partial charge in [-0.05, 0) is 31.2 Å². The Labute approximate surface area is 160 Å². The monoisotopic (exact) mass is 315 g/mol. The third-order valence-electron chi connectivity index (χ3n) is 2.18. The first-order chi connectivity index (χ1) is 7.89. The molecule has 0 aliphatic rings. The number of hydrogen-bond donors (Lipinski definition) is 0. The quantitative estimate of drug-likeness (QED) is 0.312. The van der Waals surface area contributed by atoms with Crippen molar-refractivity contribution in [2.75, 3.05) is 0 Å². The van der Waals surface area contributed by atoms with Crippen molar-refractivity contribution in [3.63, 3.8) is 0 Å². The van der Waals surface area contributed by atoms with Gasteiger partial charge in [-0.2, -0.15) is 5.10 Å². The molecule has 19 heavy (non-hydrogen) atoms. The summed E-state index contributed by atoms with van der Waals surface area (Å²) in [6.07, 6.45) is 0. The first-order valence-corrected chi connectivity index (χ1v) is 6.36. The summed E-state index contributed by atoms with van der Waals surface area (Å²) in [5.74, 6) is 0.590. The van der Waals surface area contributed by atoms with E-state index in [0.29, 0.717) is 11.5 Å². The molecule has 0 radical (unpaired) electrons. The zero-order valence-corrected chi connectivity index (χ0v) is 16.3. The fourth-order valence-electron chi connectivity index (χ4n) is 1.40. The third kappa shape index (κ3) is 4.48. The van der Waals surface area contributed by atoms with Gasteiger partial charge in [0.1, 0.15) is 15.9 Å². The third-order valence-corrected chi connectivity index (χ3v) is 3.29. The Morgan fingerprint density at radius 3 is 2.05 bits per heavy atom. The van der Waals surface area contributed by atoms with E-state index in [1.54, 1.807) is 11.5 Å². The predicted molar refractivity (Wildman–Crippen MR) is 59.7 cm³/mol. The molecule has 2 rings (SSSR count). The molecule has 0 saturated carbocycles. The van der Waals surface area contributed by atoms with Crippen molar-refractivity contribution in [3.05, 3.63) is 30.1 Å². The van der Waals surface area contributed by atoms with Gasteiger partial charge in [-0.3, -0.25) is 0 Å². The maximum Gasteiger partial charge on any atom is 1.00 e. The van der Waals surface area contributed by atoms with Crippen LogP contribution in [0.15, 0.2) is 34.3 Å². The van der Waals surface area contributed by atoms with Crippen LogP contribution in [0.1, 0.15) is 5.82 Å². The molecule has 0 fully saturated rings. The van der Waals surface area contributed by atoms with Crippen LogP contribution >= 0.6 is 0 Å². The number of rotatable bonds is 2. The molecule has 1 heterocycles.